The van der Waals surface area contributed by atoms with Crippen molar-refractivity contribution in [2.24, 2.45) is 35.0 Å². The lowest BCUT2D eigenvalue weighted by Crippen LogP contribution is -2.53. The summed E-state index contributed by atoms with van der Waals surface area (Å²) < 4.78 is 0. The molecule has 0 aromatic heterocycles. The first-order chi connectivity index (χ1) is 12.4. The van der Waals surface area contributed by atoms with Crippen LogP contribution in [0.25, 0.3) is 0 Å². The molecule has 0 amide bonds. The van der Waals surface area contributed by atoms with E-state index >= 15 is 0 Å². The van der Waals surface area contributed by atoms with Gasteiger partial charge >= 0.3 is 0 Å². The second-order valence-electron chi connectivity index (χ2n) is 9.97. The van der Waals surface area contributed by atoms with Gasteiger partial charge in [-0.3, -0.25) is 0 Å². The van der Waals surface area contributed by atoms with Crippen molar-refractivity contribution in [3.8, 4) is 11.8 Å². The van der Waals surface area contributed by atoms with Crippen molar-refractivity contribution in [3.63, 3.8) is 0 Å². The number of allylic oxidation sites excluding steroid dienone is 3. The molecule has 142 valence electrons. The molecule has 1 heteroatoms. The summed E-state index contributed by atoms with van der Waals surface area (Å²) in [7, 11) is 0. The zero-order chi connectivity index (χ0) is 18.7. The van der Waals surface area contributed by atoms with E-state index in [9.17, 15) is 5.11 Å². The molecule has 4 aliphatic rings. The van der Waals surface area contributed by atoms with E-state index < -0.39 is 5.60 Å². The van der Waals surface area contributed by atoms with Crippen molar-refractivity contribution < 1.29 is 5.11 Å². The first kappa shape index (κ1) is 18.4. The molecule has 0 aromatic rings. The van der Waals surface area contributed by atoms with Gasteiger partial charge in [-0.1, -0.05) is 50.0 Å². The molecule has 1 nitrogen and oxygen atoms in total. The normalized spacial score (nSPS) is 47.6. The minimum atomic E-state index is -0.790. The highest BCUT2D eigenvalue weighted by atomic mass is 16.3. The molecule has 4 rings (SSSR count). The average molecular weight is 353 g/mol. The molecule has 7 atom stereocenters. The third-order valence-electron chi connectivity index (χ3n) is 8.87. The van der Waals surface area contributed by atoms with Crippen LogP contribution in [0.1, 0.15) is 79.1 Å². The summed E-state index contributed by atoms with van der Waals surface area (Å²) in [5, 5.41) is 11.8. The van der Waals surface area contributed by atoms with E-state index in [0.717, 1.165) is 37.0 Å². The maximum Gasteiger partial charge on any atom is 0.133 e. The van der Waals surface area contributed by atoms with Crippen LogP contribution in [-0.4, -0.2) is 10.7 Å². The molecule has 26 heavy (non-hydrogen) atoms. The van der Waals surface area contributed by atoms with E-state index in [0.29, 0.717) is 11.8 Å². The fourth-order valence-corrected chi connectivity index (χ4v) is 7.64. The largest absolute Gasteiger partial charge is 0.377 e. The molecule has 0 aromatic carbocycles. The van der Waals surface area contributed by atoms with Crippen LogP contribution in [0.15, 0.2) is 23.3 Å². The van der Waals surface area contributed by atoms with Gasteiger partial charge < -0.3 is 5.11 Å². The van der Waals surface area contributed by atoms with Crippen LogP contribution in [0.2, 0.25) is 0 Å². The summed E-state index contributed by atoms with van der Waals surface area (Å²) >= 11 is 0. The zero-order valence-electron chi connectivity index (χ0n) is 17.2. The highest BCUT2D eigenvalue weighted by Crippen LogP contribution is 2.67. The molecule has 0 heterocycles. The minimum Gasteiger partial charge on any atom is -0.377 e. The van der Waals surface area contributed by atoms with E-state index in [1.54, 1.807) is 11.1 Å². The topological polar surface area (TPSA) is 20.2 Å². The lowest BCUT2D eigenvalue weighted by atomic mass is 9.50. The summed E-state index contributed by atoms with van der Waals surface area (Å²) in [5.74, 6) is 9.57. The van der Waals surface area contributed by atoms with Gasteiger partial charge in [0, 0.05) is 5.41 Å². The molecule has 0 aliphatic heterocycles. The summed E-state index contributed by atoms with van der Waals surface area (Å²) in [6, 6.07) is 0. The lowest BCUT2D eigenvalue weighted by Gasteiger charge is -2.55. The minimum absolute atomic E-state index is 0.0392. The summed E-state index contributed by atoms with van der Waals surface area (Å²) in [4.78, 5) is 0. The Bertz CT molecular complexity index is 703. The Labute approximate surface area is 160 Å². The van der Waals surface area contributed by atoms with E-state index in [4.69, 9.17) is 0 Å². The predicted molar refractivity (Wildman–Crippen MR) is 108 cm³/mol. The monoisotopic (exact) mass is 352 g/mol. The summed E-state index contributed by atoms with van der Waals surface area (Å²) in [6.07, 6.45) is 9.45. The van der Waals surface area contributed by atoms with Gasteiger partial charge in [-0.05, 0) is 87.9 Å². The molecule has 0 radical (unpaired) electrons. The standard InChI is InChI=1S/C25H36O/c1-6-11-25(26)19(7-2)15-22-23-17(4)14-18-13-16(3)8-9-20(18)21(23)10-12-24(22,25)5/h17,19,21-23,26H,3,7-10,12-15H2,1-2,4-5H3/t17?,19?,21-,22+,23-,24+,25+/m1/s1. The number of hydrogen-bond donors (Lipinski definition) is 1. The van der Waals surface area contributed by atoms with E-state index in [-0.39, 0.29) is 5.41 Å². The van der Waals surface area contributed by atoms with Crippen LogP contribution in [0.4, 0.5) is 0 Å². The molecular weight excluding hydrogens is 316 g/mol. The Morgan fingerprint density at radius 1 is 1.31 bits per heavy atom. The van der Waals surface area contributed by atoms with Gasteiger partial charge in [0.2, 0.25) is 0 Å². The first-order valence-corrected chi connectivity index (χ1v) is 10.9. The van der Waals surface area contributed by atoms with Gasteiger partial charge in [0.1, 0.15) is 5.60 Å². The van der Waals surface area contributed by atoms with Gasteiger partial charge in [-0.25, -0.2) is 0 Å². The Hall–Kier alpha value is -1.00. The lowest BCUT2D eigenvalue weighted by molar-refractivity contribution is -0.0929. The molecule has 2 unspecified atom stereocenters. The molecule has 0 saturated heterocycles. The summed E-state index contributed by atoms with van der Waals surface area (Å²) in [6.45, 7) is 13.3. The smallest absolute Gasteiger partial charge is 0.133 e. The molecule has 0 spiro atoms. The Morgan fingerprint density at radius 3 is 2.77 bits per heavy atom. The van der Waals surface area contributed by atoms with Crippen LogP contribution in [0.5, 0.6) is 0 Å². The number of hydrogen-bond acceptors (Lipinski definition) is 1. The van der Waals surface area contributed by atoms with Crippen LogP contribution in [0.3, 0.4) is 0 Å². The SMILES string of the molecule is C=C1CCC2=C(C1)CC(C)[C@@H]1[C@@H]2CC[C@@]2(C)[C@H]1CC(CC)[C@@]2(O)C#CC. The average Bonchev–Trinajstić information content (AvgIpc) is 2.82. The van der Waals surface area contributed by atoms with Crippen molar-refractivity contribution in [1.29, 1.82) is 0 Å². The highest BCUT2D eigenvalue weighted by Gasteiger charge is 2.65. The van der Waals surface area contributed by atoms with Gasteiger partial charge in [-0.15, -0.1) is 5.92 Å². The molecular formula is C25H36O. The van der Waals surface area contributed by atoms with Crippen LogP contribution < -0.4 is 0 Å². The van der Waals surface area contributed by atoms with Gasteiger partial charge in [0.25, 0.3) is 0 Å². The second kappa shape index (κ2) is 6.27. The van der Waals surface area contributed by atoms with Crippen LogP contribution >= 0.6 is 0 Å². The number of aliphatic hydroxyl groups is 1. The van der Waals surface area contributed by atoms with Gasteiger partial charge in [0.05, 0.1) is 0 Å². The van der Waals surface area contributed by atoms with E-state index in [1.165, 1.54) is 37.7 Å². The fraction of sp³-hybridized carbons (Fsp3) is 0.760. The first-order valence-electron chi connectivity index (χ1n) is 10.9. The second-order valence-corrected chi connectivity index (χ2v) is 9.97. The van der Waals surface area contributed by atoms with Crippen molar-refractivity contribution in [2.45, 2.75) is 84.7 Å². The Balaban J connectivity index is 1.74. The molecule has 4 aliphatic carbocycles. The molecule has 0 bridgehead atoms. The number of rotatable bonds is 1. The maximum atomic E-state index is 11.8. The third-order valence-corrected chi connectivity index (χ3v) is 8.87. The third kappa shape index (κ3) is 2.34. The Morgan fingerprint density at radius 2 is 2.08 bits per heavy atom. The van der Waals surface area contributed by atoms with Crippen LogP contribution in [0, 0.1) is 46.8 Å². The van der Waals surface area contributed by atoms with Crippen molar-refractivity contribution in [3.05, 3.63) is 23.3 Å². The van der Waals surface area contributed by atoms with Gasteiger partial charge in [0.15, 0.2) is 0 Å². The Kier molecular flexibility index (Phi) is 4.43. The molecule has 2 saturated carbocycles. The zero-order valence-corrected chi connectivity index (χ0v) is 17.2. The van der Waals surface area contributed by atoms with E-state index in [1.807, 2.05) is 6.92 Å². The summed E-state index contributed by atoms with van der Waals surface area (Å²) in [5.41, 5.74) is 4.14. The fourth-order valence-electron chi connectivity index (χ4n) is 7.64. The van der Waals surface area contributed by atoms with Crippen molar-refractivity contribution in [2.75, 3.05) is 0 Å². The van der Waals surface area contributed by atoms with Crippen LogP contribution in [-0.2, 0) is 0 Å². The maximum absolute atomic E-state index is 11.8. The van der Waals surface area contributed by atoms with Crippen molar-refractivity contribution in [1.82, 2.24) is 0 Å². The van der Waals surface area contributed by atoms with E-state index in [2.05, 4.69) is 39.2 Å². The predicted octanol–water partition coefficient (Wildman–Crippen LogP) is 5.90. The van der Waals surface area contributed by atoms with Gasteiger partial charge in [-0.2, -0.15) is 0 Å². The molecule has 2 fully saturated rings. The van der Waals surface area contributed by atoms with Crippen molar-refractivity contribution >= 4 is 0 Å². The quantitative estimate of drug-likeness (QED) is 0.460. The number of fused-ring (bicyclic) bond motifs is 4. The highest BCUT2D eigenvalue weighted by molar-refractivity contribution is 5.35. The molecule has 1 N–H and O–H groups in total.